The number of sulfonamides is 1. The van der Waals surface area contributed by atoms with Gasteiger partial charge in [0.25, 0.3) is 15.9 Å². The first-order valence-electron chi connectivity index (χ1n) is 9.00. The third-order valence-corrected chi connectivity index (χ3v) is 6.84. The van der Waals surface area contributed by atoms with Gasteiger partial charge in [-0.2, -0.15) is 11.3 Å². The molecular formula is C18H16ClN3O8S2. The molecule has 2 aromatic heterocycles. The Labute approximate surface area is 191 Å². The smallest absolute Gasteiger partial charge is 0.343 e. The van der Waals surface area contributed by atoms with E-state index in [0.717, 1.165) is 16.2 Å². The van der Waals surface area contributed by atoms with Crippen LogP contribution in [-0.2, 0) is 10.0 Å². The molecule has 2 N–H and O–H groups in total. The van der Waals surface area contributed by atoms with Crippen LogP contribution in [0, 0.1) is 6.92 Å². The summed E-state index contributed by atoms with van der Waals surface area (Å²) in [6.45, 7) is 1.07. The van der Waals surface area contributed by atoms with Crippen LogP contribution in [0.5, 0.6) is 17.2 Å². The van der Waals surface area contributed by atoms with E-state index >= 15 is 0 Å². The lowest BCUT2D eigenvalue weighted by atomic mass is 10.2. The Morgan fingerprint density at radius 2 is 2.12 bits per heavy atom. The predicted molar refractivity (Wildman–Crippen MR) is 114 cm³/mol. The molecule has 32 heavy (non-hydrogen) atoms. The van der Waals surface area contributed by atoms with Crippen LogP contribution in [0.1, 0.15) is 5.69 Å². The Morgan fingerprint density at radius 1 is 1.38 bits per heavy atom. The molecule has 0 unspecified atom stereocenters. The van der Waals surface area contributed by atoms with E-state index in [4.69, 9.17) is 30.3 Å². The number of thiophene rings is 1. The number of aliphatic hydroxyl groups is 1. The first-order valence-corrected chi connectivity index (χ1v) is 11.8. The molecule has 0 fully saturated rings. The zero-order valence-electron chi connectivity index (χ0n) is 16.4. The van der Waals surface area contributed by atoms with Crippen molar-refractivity contribution in [1.82, 2.24) is 9.88 Å². The van der Waals surface area contributed by atoms with Gasteiger partial charge >= 0.3 is 6.03 Å². The van der Waals surface area contributed by atoms with Crippen LogP contribution < -0.4 is 23.8 Å². The number of hydrogen-bond acceptors (Lipinski definition) is 10. The van der Waals surface area contributed by atoms with Gasteiger partial charge in [0, 0.05) is 17.5 Å². The number of aryl methyl sites for hydroxylation is 1. The second-order valence-corrected chi connectivity index (χ2v) is 9.18. The summed E-state index contributed by atoms with van der Waals surface area (Å²) in [5.74, 6) is 0.460. The number of anilines is 2. The molecule has 0 saturated heterocycles. The Balaban J connectivity index is 1.82. The highest BCUT2D eigenvalue weighted by atomic mass is 35.5. The van der Waals surface area contributed by atoms with Gasteiger partial charge in [-0.05, 0) is 18.4 Å². The van der Waals surface area contributed by atoms with E-state index in [1.54, 1.807) is 12.3 Å². The first-order chi connectivity index (χ1) is 15.3. The third kappa shape index (κ3) is 4.19. The Bertz CT molecular complexity index is 1240. The topological polar surface area (TPSA) is 140 Å². The van der Waals surface area contributed by atoms with Gasteiger partial charge in [-0.1, -0.05) is 16.8 Å². The number of aromatic nitrogens is 1. The number of benzene rings is 1. The van der Waals surface area contributed by atoms with Gasteiger partial charge in [0.2, 0.25) is 6.79 Å². The summed E-state index contributed by atoms with van der Waals surface area (Å²) in [5, 5.41) is 15.8. The monoisotopic (exact) mass is 501 g/mol. The van der Waals surface area contributed by atoms with Crippen molar-refractivity contribution in [2.45, 2.75) is 11.8 Å². The zero-order chi connectivity index (χ0) is 22.9. The van der Waals surface area contributed by atoms with Crippen LogP contribution in [0.25, 0.3) is 0 Å². The Morgan fingerprint density at radius 3 is 2.75 bits per heavy atom. The molecule has 3 aromatic rings. The first kappa shape index (κ1) is 22.2. The molecule has 4 rings (SSSR count). The van der Waals surface area contributed by atoms with E-state index in [2.05, 4.69) is 5.16 Å². The van der Waals surface area contributed by atoms with Gasteiger partial charge in [0.15, 0.2) is 11.5 Å². The molecule has 0 atom stereocenters. The SMILES string of the molecule is Cc1noc(N(C(=O)NS(=O)(=O)c2ccsc2)c2cc3c(cc2OCCO)OCO3)c1Cl. The van der Waals surface area contributed by atoms with Crippen molar-refractivity contribution in [3.63, 3.8) is 0 Å². The molecular weight excluding hydrogens is 486 g/mol. The molecule has 0 bridgehead atoms. The van der Waals surface area contributed by atoms with Crippen LogP contribution >= 0.6 is 22.9 Å². The van der Waals surface area contributed by atoms with E-state index in [-0.39, 0.29) is 58.7 Å². The standard InChI is InChI=1S/C18H16ClN3O8S2/c1-10-16(19)17(30-20-10)22(18(24)21-32(25,26)11-2-5-31-8-11)12-6-14-15(29-9-28-14)7-13(12)27-4-3-23/h2,5-8,23H,3-4,9H2,1H3,(H,21,24). The normalized spacial score (nSPS) is 12.6. The summed E-state index contributed by atoms with van der Waals surface area (Å²) in [6, 6.07) is 3.09. The van der Waals surface area contributed by atoms with Gasteiger partial charge in [0.05, 0.1) is 17.2 Å². The van der Waals surface area contributed by atoms with Crippen LogP contribution in [0.2, 0.25) is 5.02 Å². The Hall–Kier alpha value is -3.00. The molecule has 1 aliphatic heterocycles. The highest BCUT2D eigenvalue weighted by Crippen LogP contribution is 2.46. The van der Waals surface area contributed by atoms with Gasteiger partial charge in [0.1, 0.15) is 23.1 Å². The van der Waals surface area contributed by atoms with Gasteiger partial charge in [-0.25, -0.2) is 22.8 Å². The molecule has 1 aromatic carbocycles. The molecule has 0 aliphatic carbocycles. The molecule has 2 amide bonds. The summed E-state index contributed by atoms with van der Waals surface area (Å²) < 4.78 is 48.8. The number of amides is 2. The van der Waals surface area contributed by atoms with Gasteiger partial charge in [-0.15, -0.1) is 0 Å². The molecule has 170 valence electrons. The minimum atomic E-state index is -4.20. The molecule has 3 heterocycles. The number of rotatable bonds is 7. The number of carbonyl (C=O) groups excluding carboxylic acids is 1. The minimum Gasteiger partial charge on any atom is -0.489 e. The van der Waals surface area contributed by atoms with Crippen molar-refractivity contribution in [2.24, 2.45) is 0 Å². The molecule has 14 heteroatoms. The molecule has 11 nitrogen and oxygen atoms in total. The van der Waals surface area contributed by atoms with Gasteiger partial charge < -0.3 is 23.8 Å². The molecule has 0 saturated carbocycles. The van der Waals surface area contributed by atoms with Crippen molar-refractivity contribution < 1.29 is 37.1 Å². The molecule has 0 radical (unpaired) electrons. The van der Waals surface area contributed by atoms with Crippen molar-refractivity contribution in [3.05, 3.63) is 39.7 Å². The van der Waals surface area contributed by atoms with Crippen molar-refractivity contribution in [2.75, 3.05) is 24.9 Å². The van der Waals surface area contributed by atoms with E-state index in [1.165, 1.54) is 23.6 Å². The van der Waals surface area contributed by atoms with E-state index in [9.17, 15) is 18.3 Å². The molecule has 1 aliphatic rings. The number of nitrogens with one attached hydrogen (secondary N) is 1. The van der Waals surface area contributed by atoms with Crippen molar-refractivity contribution >= 4 is 50.6 Å². The third-order valence-electron chi connectivity index (χ3n) is 4.25. The van der Waals surface area contributed by atoms with E-state index in [0.29, 0.717) is 5.75 Å². The number of fused-ring (bicyclic) bond motifs is 1. The summed E-state index contributed by atoms with van der Waals surface area (Å²) in [4.78, 5) is 14.0. The predicted octanol–water partition coefficient (Wildman–Crippen LogP) is 3.03. The van der Waals surface area contributed by atoms with Crippen LogP contribution in [-0.4, -0.2) is 44.7 Å². The summed E-state index contributed by atoms with van der Waals surface area (Å²) in [6.07, 6.45) is 0. The van der Waals surface area contributed by atoms with E-state index < -0.39 is 16.1 Å². The maximum Gasteiger partial charge on any atom is 0.343 e. The number of nitrogens with zero attached hydrogens (tertiary/aromatic N) is 2. The van der Waals surface area contributed by atoms with Crippen molar-refractivity contribution in [1.29, 1.82) is 0 Å². The van der Waals surface area contributed by atoms with Gasteiger partial charge in [-0.3, -0.25) is 0 Å². The fourth-order valence-corrected chi connectivity index (χ4v) is 4.90. The summed E-state index contributed by atoms with van der Waals surface area (Å²) in [5.41, 5.74) is 0.303. The zero-order valence-corrected chi connectivity index (χ0v) is 18.8. The quantitative estimate of drug-likeness (QED) is 0.499. The highest BCUT2D eigenvalue weighted by Gasteiger charge is 2.33. The number of urea groups is 1. The van der Waals surface area contributed by atoms with Crippen molar-refractivity contribution in [3.8, 4) is 17.2 Å². The number of halogens is 1. The van der Waals surface area contributed by atoms with Crippen LogP contribution in [0.3, 0.4) is 0 Å². The summed E-state index contributed by atoms with van der Waals surface area (Å²) >= 11 is 7.44. The lowest BCUT2D eigenvalue weighted by Crippen LogP contribution is -2.40. The van der Waals surface area contributed by atoms with Crippen LogP contribution in [0.15, 0.2) is 38.4 Å². The number of aliphatic hydroxyl groups excluding tert-OH is 1. The number of hydrogen-bond donors (Lipinski definition) is 2. The number of carbonyl (C=O) groups is 1. The maximum atomic E-state index is 13.3. The second-order valence-electron chi connectivity index (χ2n) is 6.34. The second kappa shape index (κ2) is 8.86. The average molecular weight is 502 g/mol. The fourth-order valence-electron chi connectivity index (χ4n) is 2.78. The lowest BCUT2D eigenvalue weighted by molar-refractivity contribution is 0.173. The maximum absolute atomic E-state index is 13.3. The number of ether oxygens (including phenoxy) is 3. The van der Waals surface area contributed by atoms with E-state index in [1.807, 2.05) is 4.72 Å². The largest absolute Gasteiger partial charge is 0.489 e. The van der Waals surface area contributed by atoms with Crippen LogP contribution in [0.4, 0.5) is 16.4 Å². The minimum absolute atomic E-state index is 0.0149. The lowest BCUT2D eigenvalue weighted by Gasteiger charge is -2.23. The average Bonchev–Trinajstić information content (AvgIpc) is 3.50. The summed E-state index contributed by atoms with van der Waals surface area (Å²) in [7, 11) is -4.20. The highest BCUT2D eigenvalue weighted by molar-refractivity contribution is 7.90. The Kier molecular flexibility index (Phi) is 6.15. The molecule has 0 spiro atoms. The fraction of sp³-hybridized carbons (Fsp3) is 0.222.